The number of anilines is 1. The number of hydrogen-bond donors (Lipinski definition) is 2. The maximum Gasteiger partial charge on any atom is 0.313 e. The smallest absolute Gasteiger partial charge is 0.313 e. The van der Waals surface area contributed by atoms with Crippen molar-refractivity contribution in [3.05, 3.63) is 58.9 Å². The number of benzene rings is 2. The lowest BCUT2D eigenvalue weighted by molar-refractivity contribution is -0.136. The van der Waals surface area contributed by atoms with Crippen molar-refractivity contribution in [3.8, 4) is 0 Å². The Balaban J connectivity index is 1.60. The van der Waals surface area contributed by atoms with Crippen LogP contribution >= 0.6 is 11.6 Å². The summed E-state index contributed by atoms with van der Waals surface area (Å²) in [5.41, 5.74) is 0.787. The molecule has 1 fully saturated rings. The Labute approximate surface area is 192 Å². The van der Waals surface area contributed by atoms with Gasteiger partial charge in [0.1, 0.15) is 5.82 Å². The Hall–Kier alpha value is -2.49. The lowest BCUT2D eigenvalue weighted by Crippen LogP contribution is -2.46. The fourth-order valence-electron chi connectivity index (χ4n) is 3.76. The summed E-state index contributed by atoms with van der Waals surface area (Å²) in [6, 6.07) is 9.65. The lowest BCUT2D eigenvalue weighted by atomic mass is 10.0. The largest absolute Gasteiger partial charge is 0.348 e. The molecule has 10 heteroatoms. The zero-order valence-corrected chi connectivity index (χ0v) is 19.2. The number of piperidine rings is 1. The Morgan fingerprint density at radius 3 is 2.53 bits per heavy atom. The number of amides is 2. The minimum Gasteiger partial charge on any atom is -0.348 e. The van der Waals surface area contributed by atoms with E-state index in [1.807, 2.05) is 0 Å². The SMILES string of the molecule is Cc1cc(F)ccc1S(=O)(=O)N1CCCC[C@H]1CCNC(=O)C(=O)Nc1ccc(Cl)cc1. The molecule has 0 unspecified atom stereocenters. The van der Waals surface area contributed by atoms with E-state index in [0.717, 1.165) is 18.9 Å². The maximum atomic E-state index is 13.4. The van der Waals surface area contributed by atoms with Crippen molar-refractivity contribution in [1.29, 1.82) is 0 Å². The molecule has 2 N–H and O–H groups in total. The molecule has 2 aromatic rings. The molecule has 7 nitrogen and oxygen atoms in total. The second kappa shape index (κ2) is 10.4. The van der Waals surface area contributed by atoms with E-state index in [2.05, 4.69) is 10.6 Å². The van der Waals surface area contributed by atoms with E-state index < -0.39 is 27.7 Å². The van der Waals surface area contributed by atoms with Crippen LogP contribution in [0.15, 0.2) is 47.4 Å². The van der Waals surface area contributed by atoms with Gasteiger partial charge in [0.15, 0.2) is 0 Å². The van der Waals surface area contributed by atoms with E-state index in [-0.39, 0.29) is 17.5 Å². The number of rotatable bonds is 6. The molecule has 0 aliphatic carbocycles. The molecule has 1 aliphatic heterocycles. The minimum atomic E-state index is -3.81. The summed E-state index contributed by atoms with van der Waals surface area (Å²) in [5, 5.41) is 5.53. The van der Waals surface area contributed by atoms with Gasteiger partial charge >= 0.3 is 11.8 Å². The molecule has 0 radical (unpaired) electrons. The summed E-state index contributed by atoms with van der Waals surface area (Å²) in [7, 11) is -3.81. The predicted molar refractivity (Wildman–Crippen MR) is 120 cm³/mol. The third-order valence-electron chi connectivity index (χ3n) is 5.37. The molecule has 0 spiro atoms. The topological polar surface area (TPSA) is 95.6 Å². The highest BCUT2D eigenvalue weighted by atomic mass is 35.5. The van der Waals surface area contributed by atoms with Crippen LogP contribution in [0.25, 0.3) is 0 Å². The zero-order valence-electron chi connectivity index (χ0n) is 17.6. The van der Waals surface area contributed by atoms with E-state index in [9.17, 15) is 22.4 Å². The van der Waals surface area contributed by atoms with E-state index in [1.165, 1.54) is 16.4 Å². The van der Waals surface area contributed by atoms with Gasteiger partial charge in [0.2, 0.25) is 10.0 Å². The first kappa shape index (κ1) is 24.2. The first-order valence-electron chi connectivity index (χ1n) is 10.3. The van der Waals surface area contributed by atoms with Gasteiger partial charge < -0.3 is 10.6 Å². The molecule has 0 saturated carbocycles. The van der Waals surface area contributed by atoms with Crippen molar-refractivity contribution in [2.75, 3.05) is 18.4 Å². The molecular formula is C22H25ClFN3O4S. The molecule has 1 heterocycles. The average Bonchev–Trinajstić information content (AvgIpc) is 2.75. The molecule has 2 aromatic carbocycles. The van der Waals surface area contributed by atoms with Crippen molar-refractivity contribution in [3.63, 3.8) is 0 Å². The van der Waals surface area contributed by atoms with Gasteiger partial charge in [-0.3, -0.25) is 9.59 Å². The van der Waals surface area contributed by atoms with E-state index in [4.69, 9.17) is 11.6 Å². The summed E-state index contributed by atoms with van der Waals surface area (Å²) in [5.74, 6) is -2.11. The number of hydrogen-bond acceptors (Lipinski definition) is 4. The minimum absolute atomic E-state index is 0.0807. The molecule has 1 atom stereocenters. The number of carbonyl (C=O) groups is 2. The second-order valence-corrected chi connectivity index (χ2v) is 9.98. The van der Waals surface area contributed by atoms with Crippen molar-refractivity contribution in [2.24, 2.45) is 0 Å². The van der Waals surface area contributed by atoms with Crippen molar-refractivity contribution < 1.29 is 22.4 Å². The molecular weight excluding hydrogens is 457 g/mol. The fourth-order valence-corrected chi connectivity index (χ4v) is 5.82. The summed E-state index contributed by atoms with van der Waals surface area (Å²) in [4.78, 5) is 24.3. The highest BCUT2D eigenvalue weighted by molar-refractivity contribution is 7.89. The number of halogens is 2. The van der Waals surface area contributed by atoms with Gasteiger partial charge in [0.05, 0.1) is 4.90 Å². The lowest BCUT2D eigenvalue weighted by Gasteiger charge is -2.35. The standard InChI is InChI=1S/C22H25ClFN3O4S/c1-15-14-17(24)7-10-20(15)32(30,31)27-13-3-2-4-19(27)11-12-25-21(28)22(29)26-18-8-5-16(23)6-9-18/h5-10,14,19H,2-4,11-13H2,1H3,(H,25,28)(H,26,29)/t19-/m0/s1. The number of nitrogens with zero attached hydrogens (tertiary/aromatic N) is 1. The fraction of sp³-hybridized carbons (Fsp3) is 0.364. The van der Waals surface area contributed by atoms with Gasteiger partial charge in [-0.1, -0.05) is 18.0 Å². The predicted octanol–water partition coefficient (Wildman–Crippen LogP) is 3.48. The summed E-state index contributed by atoms with van der Waals surface area (Å²) in [6.45, 7) is 2.06. The molecule has 32 heavy (non-hydrogen) atoms. The van der Waals surface area contributed by atoms with Gasteiger partial charge in [-0.2, -0.15) is 4.31 Å². The molecule has 0 bridgehead atoms. The first-order chi connectivity index (χ1) is 15.2. The molecule has 172 valence electrons. The van der Waals surface area contributed by atoms with Crippen molar-refractivity contribution in [1.82, 2.24) is 9.62 Å². The van der Waals surface area contributed by atoms with Crippen LogP contribution < -0.4 is 10.6 Å². The van der Waals surface area contributed by atoms with E-state index in [0.29, 0.717) is 35.7 Å². The second-order valence-electron chi connectivity index (χ2n) is 7.68. The normalized spacial score (nSPS) is 17.0. The Bertz CT molecular complexity index is 1090. The van der Waals surface area contributed by atoms with Gasteiger partial charge in [0.25, 0.3) is 0 Å². The number of aryl methyl sites for hydroxylation is 1. The van der Waals surface area contributed by atoms with Crippen LogP contribution in [0.5, 0.6) is 0 Å². The Kier molecular flexibility index (Phi) is 7.86. The van der Waals surface area contributed by atoms with Crippen molar-refractivity contribution >= 4 is 39.1 Å². The number of sulfonamides is 1. The van der Waals surface area contributed by atoms with E-state index in [1.54, 1.807) is 31.2 Å². The Morgan fingerprint density at radius 1 is 1.12 bits per heavy atom. The van der Waals surface area contributed by atoms with Crippen LogP contribution in [0.4, 0.5) is 10.1 Å². The average molecular weight is 482 g/mol. The summed E-state index contributed by atoms with van der Waals surface area (Å²) < 4.78 is 41.3. The Morgan fingerprint density at radius 2 is 1.84 bits per heavy atom. The summed E-state index contributed by atoms with van der Waals surface area (Å²) >= 11 is 5.80. The first-order valence-corrected chi connectivity index (χ1v) is 12.1. The zero-order chi connectivity index (χ0) is 23.3. The third-order valence-corrected chi connectivity index (χ3v) is 7.73. The number of nitrogens with one attached hydrogen (secondary N) is 2. The molecule has 1 aliphatic rings. The maximum absolute atomic E-state index is 13.4. The van der Waals surface area contributed by atoms with Gasteiger partial charge in [-0.25, -0.2) is 12.8 Å². The van der Waals surface area contributed by atoms with Crippen LogP contribution in [-0.4, -0.2) is 43.7 Å². The van der Waals surface area contributed by atoms with Crippen LogP contribution in [0, 0.1) is 12.7 Å². The quantitative estimate of drug-likeness (QED) is 0.617. The van der Waals surface area contributed by atoms with Crippen LogP contribution in [0.3, 0.4) is 0 Å². The number of carbonyl (C=O) groups excluding carboxylic acids is 2. The third kappa shape index (κ3) is 5.85. The monoisotopic (exact) mass is 481 g/mol. The molecule has 2 amide bonds. The van der Waals surface area contributed by atoms with Gasteiger partial charge in [0, 0.05) is 29.8 Å². The highest BCUT2D eigenvalue weighted by Gasteiger charge is 2.34. The summed E-state index contributed by atoms with van der Waals surface area (Å²) in [6.07, 6.45) is 2.60. The highest BCUT2D eigenvalue weighted by Crippen LogP contribution is 2.28. The van der Waals surface area contributed by atoms with E-state index >= 15 is 0 Å². The molecule has 3 rings (SSSR count). The van der Waals surface area contributed by atoms with Crippen LogP contribution in [0.1, 0.15) is 31.2 Å². The van der Waals surface area contributed by atoms with Crippen LogP contribution in [0.2, 0.25) is 5.02 Å². The van der Waals surface area contributed by atoms with Gasteiger partial charge in [-0.15, -0.1) is 0 Å². The van der Waals surface area contributed by atoms with Crippen molar-refractivity contribution in [2.45, 2.75) is 43.5 Å². The molecule has 1 saturated heterocycles. The molecule has 0 aromatic heterocycles. The van der Waals surface area contributed by atoms with Gasteiger partial charge in [-0.05, 0) is 74.2 Å². The van der Waals surface area contributed by atoms with Crippen LogP contribution in [-0.2, 0) is 19.6 Å².